The largest absolute Gasteiger partial charge is 0.487 e. The molecule has 21 heavy (non-hydrogen) atoms. The minimum absolute atomic E-state index is 0.334. The molecule has 110 valence electrons. The van der Waals surface area contributed by atoms with Crippen molar-refractivity contribution in [2.45, 2.75) is 25.5 Å². The molecule has 1 saturated heterocycles. The third-order valence-corrected chi connectivity index (χ3v) is 3.76. The summed E-state index contributed by atoms with van der Waals surface area (Å²) < 4.78 is 5.80. The molecule has 2 N–H and O–H groups in total. The monoisotopic (exact) mass is 284 g/mol. The van der Waals surface area contributed by atoms with Crippen molar-refractivity contribution >= 4 is 5.69 Å². The van der Waals surface area contributed by atoms with E-state index in [9.17, 15) is 0 Å². The van der Waals surface area contributed by atoms with Gasteiger partial charge in [0, 0.05) is 37.6 Å². The number of nitrogens with two attached hydrogens (primary N) is 1. The van der Waals surface area contributed by atoms with Crippen LogP contribution in [0.4, 0.5) is 5.69 Å². The Hall–Kier alpha value is -2.14. The number of aromatic nitrogens is 2. The van der Waals surface area contributed by atoms with Crippen molar-refractivity contribution in [1.82, 2.24) is 9.97 Å². The summed E-state index contributed by atoms with van der Waals surface area (Å²) >= 11 is 0. The van der Waals surface area contributed by atoms with E-state index in [1.807, 2.05) is 24.4 Å². The van der Waals surface area contributed by atoms with Crippen LogP contribution in [0.25, 0.3) is 0 Å². The molecule has 2 aromatic heterocycles. The molecular weight excluding hydrogens is 264 g/mol. The lowest BCUT2D eigenvalue weighted by Gasteiger charge is -2.31. The topological polar surface area (TPSA) is 64.3 Å². The Morgan fingerprint density at radius 3 is 2.67 bits per heavy atom. The number of piperidine rings is 1. The summed E-state index contributed by atoms with van der Waals surface area (Å²) in [5, 5.41) is 0. The van der Waals surface area contributed by atoms with Crippen LogP contribution in [0.2, 0.25) is 0 Å². The maximum atomic E-state index is 5.94. The van der Waals surface area contributed by atoms with Crippen molar-refractivity contribution < 1.29 is 4.74 Å². The summed E-state index contributed by atoms with van der Waals surface area (Å²) in [6, 6.07) is 6.28. The van der Waals surface area contributed by atoms with Crippen LogP contribution in [0.5, 0.6) is 5.75 Å². The molecule has 5 nitrogen and oxygen atoms in total. The van der Waals surface area contributed by atoms with Crippen LogP contribution in [-0.4, -0.2) is 29.1 Å². The van der Waals surface area contributed by atoms with Gasteiger partial charge < -0.3 is 15.4 Å². The van der Waals surface area contributed by atoms with Gasteiger partial charge >= 0.3 is 0 Å². The average molecular weight is 284 g/mol. The fourth-order valence-corrected chi connectivity index (χ4v) is 2.46. The number of hydrogen-bond acceptors (Lipinski definition) is 5. The predicted molar refractivity (Wildman–Crippen MR) is 82.2 cm³/mol. The molecule has 0 radical (unpaired) electrons. The Balaban J connectivity index is 1.63. The fraction of sp³-hybridized carbons (Fsp3) is 0.375. The van der Waals surface area contributed by atoms with Crippen molar-refractivity contribution in [2.24, 2.45) is 5.73 Å². The van der Waals surface area contributed by atoms with Crippen LogP contribution >= 0.6 is 0 Å². The Morgan fingerprint density at radius 2 is 1.90 bits per heavy atom. The van der Waals surface area contributed by atoms with Crippen LogP contribution in [0.3, 0.4) is 0 Å². The van der Waals surface area contributed by atoms with Gasteiger partial charge in [0.25, 0.3) is 0 Å². The maximum Gasteiger partial charge on any atom is 0.140 e. The van der Waals surface area contributed by atoms with Crippen molar-refractivity contribution in [2.75, 3.05) is 18.0 Å². The minimum Gasteiger partial charge on any atom is -0.487 e. The van der Waals surface area contributed by atoms with Crippen molar-refractivity contribution in [1.29, 1.82) is 0 Å². The average Bonchev–Trinajstić information content (AvgIpc) is 2.55. The summed E-state index contributed by atoms with van der Waals surface area (Å²) in [6.07, 6.45) is 9.23. The second-order valence-electron chi connectivity index (χ2n) is 5.35. The highest BCUT2D eigenvalue weighted by Crippen LogP contribution is 2.23. The minimum atomic E-state index is 0.334. The lowest BCUT2D eigenvalue weighted by atomic mass is 10.1. The Kier molecular flexibility index (Phi) is 4.31. The van der Waals surface area contributed by atoms with Crippen LogP contribution < -0.4 is 15.4 Å². The molecule has 0 aromatic carbocycles. The van der Waals surface area contributed by atoms with Gasteiger partial charge in [-0.15, -0.1) is 0 Å². The summed E-state index contributed by atoms with van der Waals surface area (Å²) in [5.41, 5.74) is 8.15. The zero-order chi connectivity index (χ0) is 14.5. The van der Waals surface area contributed by atoms with Gasteiger partial charge in [0.05, 0.1) is 18.1 Å². The molecule has 0 saturated carbocycles. The smallest absolute Gasteiger partial charge is 0.140 e. The van der Waals surface area contributed by atoms with Crippen molar-refractivity contribution in [3.8, 4) is 5.75 Å². The number of pyridine rings is 2. The molecule has 3 heterocycles. The number of hydrogen-bond donors (Lipinski definition) is 1. The van der Waals surface area contributed by atoms with E-state index in [4.69, 9.17) is 10.5 Å². The number of nitrogens with zero attached hydrogens (tertiary/aromatic N) is 3. The highest BCUT2D eigenvalue weighted by molar-refractivity contribution is 5.48. The SMILES string of the molecule is NC1CCN(c2cncc(OCc3ccncc3)c2)CC1. The molecule has 1 aliphatic heterocycles. The summed E-state index contributed by atoms with van der Waals surface area (Å²) in [7, 11) is 0. The maximum absolute atomic E-state index is 5.94. The fourth-order valence-electron chi connectivity index (χ4n) is 2.46. The van der Waals surface area contributed by atoms with Gasteiger partial charge in [-0.05, 0) is 30.5 Å². The Bertz CT molecular complexity index is 567. The highest BCUT2D eigenvalue weighted by Gasteiger charge is 2.16. The molecule has 0 atom stereocenters. The predicted octanol–water partition coefficient (Wildman–Crippen LogP) is 1.98. The first-order chi connectivity index (χ1) is 10.3. The molecule has 1 aliphatic rings. The van der Waals surface area contributed by atoms with Gasteiger partial charge in [-0.2, -0.15) is 0 Å². The second kappa shape index (κ2) is 6.54. The van der Waals surface area contributed by atoms with E-state index >= 15 is 0 Å². The Labute approximate surface area is 124 Å². The third-order valence-electron chi connectivity index (χ3n) is 3.76. The summed E-state index contributed by atoms with van der Waals surface area (Å²) in [6.45, 7) is 2.49. The van der Waals surface area contributed by atoms with Gasteiger partial charge in [-0.25, -0.2) is 0 Å². The van der Waals surface area contributed by atoms with Gasteiger partial charge in [-0.3, -0.25) is 9.97 Å². The first-order valence-electron chi connectivity index (χ1n) is 7.28. The number of rotatable bonds is 4. The van der Waals surface area contributed by atoms with Gasteiger partial charge in [0.2, 0.25) is 0 Å². The molecule has 3 rings (SSSR count). The van der Waals surface area contributed by atoms with Crippen LogP contribution in [0.1, 0.15) is 18.4 Å². The first kappa shape index (κ1) is 13.8. The zero-order valence-corrected chi connectivity index (χ0v) is 12.0. The molecule has 0 bridgehead atoms. The Morgan fingerprint density at radius 1 is 1.14 bits per heavy atom. The molecule has 1 fully saturated rings. The van der Waals surface area contributed by atoms with Crippen molar-refractivity contribution in [3.63, 3.8) is 0 Å². The van der Waals surface area contributed by atoms with Gasteiger partial charge in [0.1, 0.15) is 12.4 Å². The quantitative estimate of drug-likeness (QED) is 0.930. The van der Waals surface area contributed by atoms with Gasteiger partial charge in [-0.1, -0.05) is 0 Å². The van der Waals surface area contributed by atoms with Crippen LogP contribution in [0.15, 0.2) is 43.0 Å². The van der Waals surface area contributed by atoms with Gasteiger partial charge in [0.15, 0.2) is 0 Å². The van der Waals surface area contributed by atoms with Crippen molar-refractivity contribution in [3.05, 3.63) is 48.5 Å². The lowest BCUT2D eigenvalue weighted by Crippen LogP contribution is -2.39. The zero-order valence-electron chi connectivity index (χ0n) is 12.0. The molecule has 2 aromatic rings. The lowest BCUT2D eigenvalue weighted by molar-refractivity contribution is 0.305. The van der Waals surface area contributed by atoms with E-state index in [1.165, 1.54) is 0 Å². The molecule has 0 amide bonds. The van der Waals surface area contributed by atoms with E-state index in [2.05, 4.69) is 14.9 Å². The van der Waals surface area contributed by atoms with E-state index in [0.717, 1.165) is 42.9 Å². The first-order valence-corrected chi connectivity index (χ1v) is 7.28. The van der Waals surface area contributed by atoms with E-state index in [1.54, 1.807) is 18.6 Å². The molecule has 5 heteroatoms. The molecular formula is C16H20N4O. The number of anilines is 1. The normalized spacial score (nSPS) is 16.0. The van der Waals surface area contributed by atoms with Crippen LogP contribution in [-0.2, 0) is 6.61 Å². The summed E-state index contributed by atoms with van der Waals surface area (Å²) in [4.78, 5) is 10.6. The second-order valence-corrected chi connectivity index (χ2v) is 5.35. The standard InChI is InChI=1S/C16H20N4O/c17-14-3-7-20(8-4-14)15-9-16(11-19-10-15)21-12-13-1-5-18-6-2-13/h1-2,5-6,9-11,14H,3-4,7-8,12,17H2. The van der Waals surface area contributed by atoms with E-state index in [0.29, 0.717) is 12.6 Å². The molecule has 0 unspecified atom stereocenters. The summed E-state index contributed by atoms with van der Waals surface area (Å²) in [5.74, 6) is 0.791. The van der Waals surface area contributed by atoms with Crippen LogP contribution in [0, 0.1) is 0 Å². The van der Waals surface area contributed by atoms with E-state index < -0.39 is 0 Å². The van der Waals surface area contributed by atoms with E-state index in [-0.39, 0.29) is 0 Å². The molecule has 0 spiro atoms. The number of ether oxygens (including phenoxy) is 1. The third kappa shape index (κ3) is 3.70. The molecule has 0 aliphatic carbocycles. The highest BCUT2D eigenvalue weighted by atomic mass is 16.5.